The fourth-order valence-corrected chi connectivity index (χ4v) is 2.04. The van der Waals surface area contributed by atoms with Crippen molar-refractivity contribution in [2.75, 3.05) is 0 Å². The first kappa shape index (κ1) is 14.0. The summed E-state index contributed by atoms with van der Waals surface area (Å²) in [5.74, 6) is -0.995. The van der Waals surface area contributed by atoms with Crippen molar-refractivity contribution in [3.05, 3.63) is 68.9 Å². The van der Waals surface area contributed by atoms with Crippen molar-refractivity contribution in [3.63, 3.8) is 0 Å². The number of carbonyl (C=O) groups excluding carboxylic acids is 1. The Bertz CT molecular complexity index is 601. The van der Waals surface area contributed by atoms with Crippen LogP contribution in [-0.4, -0.2) is 5.91 Å². The van der Waals surface area contributed by atoms with Gasteiger partial charge in [0, 0.05) is 11.0 Å². The Balaban J connectivity index is 2.05. The lowest BCUT2D eigenvalue weighted by molar-refractivity contribution is 0.0950. The lowest BCUT2D eigenvalue weighted by Crippen LogP contribution is -2.23. The topological polar surface area (TPSA) is 29.1 Å². The summed E-state index contributed by atoms with van der Waals surface area (Å²) in [5, 5.41) is 2.54. The second-order valence-electron chi connectivity index (χ2n) is 3.91. The molecular weight excluding hydrogens is 333 g/mol. The van der Waals surface area contributed by atoms with Gasteiger partial charge in [-0.05, 0) is 29.8 Å². The van der Waals surface area contributed by atoms with Crippen LogP contribution in [0, 0.1) is 5.82 Å². The van der Waals surface area contributed by atoms with Crippen LogP contribution in [0.15, 0.2) is 46.9 Å². The van der Waals surface area contributed by atoms with Crippen LogP contribution in [0.4, 0.5) is 4.39 Å². The zero-order chi connectivity index (χ0) is 13.8. The third kappa shape index (κ3) is 3.55. The van der Waals surface area contributed by atoms with Gasteiger partial charge in [0.2, 0.25) is 0 Å². The molecule has 1 amide bonds. The van der Waals surface area contributed by atoms with Crippen molar-refractivity contribution >= 4 is 33.4 Å². The van der Waals surface area contributed by atoms with Crippen molar-refractivity contribution in [1.29, 1.82) is 0 Å². The largest absolute Gasteiger partial charge is 0.348 e. The molecule has 0 aliphatic rings. The van der Waals surface area contributed by atoms with Gasteiger partial charge in [-0.25, -0.2) is 4.39 Å². The lowest BCUT2D eigenvalue weighted by Gasteiger charge is -2.07. The third-order valence-electron chi connectivity index (χ3n) is 2.56. The van der Waals surface area contributed by atoms with E-state index in [9.17, 15) is 9.18 Å². The summed E-state index contributed by atoms with van der Waals surface area (Å²) in [6, 6.07) is 11.7. The van der Waals surface area contributed by atoms with Gasteiger partial charge in [0.15, 0.2) is 0 Å². The molecule has 0 saturated carbocycles. The van der Waals surface area contributed by atoms with Gasteiger partial charge in [0.25, 0.3) is 5.91 Å². The molecule has 2 rings (SSSR count). The number of amides is 1. The molecule has 0 atom stereocenters. The summed E-state index contributed by atoms with van der Waals surface area (Å²) in [5.41, 5.74) is 1.09. The SMILES string of the molecule is O=C(NCc1ccc(Br)cc1)c1cccc(F)c1Cl. The molecule has 19 heavy (non-hydrogen) atoms. The van der Waals surface area contributed by atoms with E-state index in [4.69, 9.17) is 11.6 Å². The van der Waals surface area contributed by atoms with E-state index in [1.807, 2.05) is 24.3 Å². The molecule has 0 spiro atoms. The molecule has 0 unspecified atom stereocenters. The van der Waals surface area contributed by atoms with Crippen molar-refractivity contribution in [2.24, 2.45) is 0 Å². The summed E-state index contributed by atoms with van der Waals surface area (Å²) < 4.78 is 14.2. The van der Waals surface area contributed by atoms with E-state index in [0.29, 0.717) is 6.54 Å². The van der Waals surface area contributed by atoms with E-state index < -0.39 is 11.7 Å². The van der Waals surface area contributed by atoms with E-state index in [0.717, 1.165) is 10.0 Å². The minimum absolute atomic E-state index is 0.138. The minimum Gasteiger partial charge on any atom is -0.348 e. The quantitative estimate of drug-likeness (QED) is 0.891. The van der Waals surface area contributed by atoms with E-state index in [-0.39, 0.29) is 10.6 Å². The maximum absolute atomic E-state index is 13.2. The Hall–Kier alpha value is -1.39. The van der Waals surface area contributed by atoms with Gasteiger partial charge in [-0.15, -0.1) is 0 Å². The second-order valence-corrected chi connectivity index (χ2v) is 5.20. The maximum atomic E-state index is 13.2. The molecule has 1 N–H and O–H groups in total. The van der Waals surface area contributed by atoms with Gasteiger partial charge in [0.1, 0.15) is 5.82 Å². The van der Waals surface area contributed by atoms with Crippen molar-refractivity contribution in [2.45, 2.75) is 6.54 Å². The number of halogens is 3. The second kappa shape index (κ2) is 6.17. The highest BCUT2D eigenvalue weighted by Gasteiger charge is 2.12. The summed E-state index contributed by atoms with van der Waals surface area (Å²) in [6.07, 6.45) is 0. The first-order valence-electron chi connectivity index (χ1n) is 5.54. The molecule has 0 bridgehead atoms. The van der Waals surface area contributed by atoms with Crippen LogP contribution in [-0.2, 0) is 6.54 Å². The van der Waals surface area contributed by atoms with E-state index in [1.54, 1.807) is 0 Å². The van der Waals surface area contributed by atoms with Crippen LogP contribution >= 0.6 is 27.5 Å². The molecule has 2 aromatic carbocycles. The number of benzene rings is 2. The Morgan fingerprint density at radius 1 is 1.21 bits per heavy atom. The molecule has 2 nitrogen and oxygen atoms in total. The summed E-state index contributed by atoms with van der Waals surface area (Å²) in [6.45, 7) is 0.360. The Kier molecular flexibility index (Phi) is 4.56. The predicted molar refractivity (Wildman–Crippen MR) is 76.7 cm³/mol. The molecule has 98 valence electrons. The average Bonchev–Trinajstić information content (AvgIpc) is 2.41. The molecule has 0 radical (unpaired) electrons. The number of nitrogens with one attached hydrogen (secondary N) is 1. The van der Waals surface area contributed by atoms with Gasteiger partial charge >= 0.3 is 0 Å². The van der Waals surface area contributed by atoms with E-state index >= 15 is 0 Å². The minimum atomic E-state index is -0.599. The zero-order valence-corrected chi connectivity index (χ0v) is 12.1. The normalized spacial score (nSPS) is 10.3. The highest BCUT2D eigenvalue weighted by atomic mass is 79.9. The first-order valence-corrected chi connectivity index (χ1v) is 6.71. The van der Waals surface area contributed by atoms with Gasteiger partial charge in [-0.2, -0.15) is 0 Å². The Morgan fingerprint density at radius 2 is 1.89 bits per heavy atom. The molecule has 5 heteroatoms. The highest BCUT2D eigenvalue weighted by Crippen LogP contribution is 2.19. The number of hydrogen-bond donors (Lipinski definition) is 1. The third-order valence-corrected chi connectivity index (χ3v) is 3.48. The summed E-state index contributed by atoms with van der Waals surface area (Å²) in [7, 11) is 0. The van der Waals surface area contributed by atoms with Gasteiger partial charge in [0.05, 0.1) is 10.6 Å². The van der Waals surface area contributed by atoms with Gasteiger partial charge in [-0.1, -0.05) is 45.7 Å². The highest BCUT2D eigenvalue weighted by molar-refractivity contribution is 9.10. The number of hydrogen-bond acceptors (Lipinski definition) is 1. The van der Waals surface area contributed by atoms with Crippen LogP contribution in [0.3, 0.4) is 0 Å². The number of rotatable bonds is 3. The standard InChI is InChI=1S/C14H10BrClFNO/c15-10-6-4-9(5-7-10)8-18-14(19)11-2-1-3-12(17)13(11)16/h1-7H,8H2,(H,18,19). The lowest BCUT2D eigenvalue weighted by atomic mass is 10.2. The van der Waals surface area contributed by atoms with Crippen LogP contribution in [0.2, 0.25) is 5.02 Å². The molecule has 2 aromatic rings. The summed E-state index contributed by atoms with van der Waals surface area (Å²) >= 11 is 9.08. The predicted octanol–water partition coefficient (Wildman–Crippen LogP) is 4.17. The van der Waals surface area contributed by atoms with Crippen LogP contribution in [0.5, 0.6) is 0 Å². The molecule has 0 saturated heterocycles. The molecule has 0 aliphatic carbocycles. The van der Waals surface area contributed by atoms with Gasteiger partial charge < -0.3 is 5.32 Å². The van der Waals surface area contributed by atoms with Gasteiger partial charge in [-0.3, -0.25) is 4.79 Å². The Morgan fingerprint density at radius 3 is 2.58 bits per heavy atom. The van der Waals surface area contributed by atoms with E-state index in [1.165, 1.54) is 18.2 Å². The molecule has 0 heterocycles. The number of carbonyl (C=O) groups is 1. The fraction of sp³-hybridized carbons (Fsp3) is 0.0714. The molecule has 0 aromatic heterocycles. The van der Waals surface area contributed by atoms with Crippen molar-refractivity contribution < 1.29 is 9.18 Å². The summed E-state index contributed by atoms with van der Waals surface area (Å²) in [4.78, 5) is 11.9. The van der Waals surface area contributed by atoms with E-state index in [2.05, 4.69) is 21.2 Å². The first-order chi connectivity index (χ1) is 9.08. The van der Waals surface area contributed by atoms with Crippen LogP contribution in [0.1, 0.15) is 15.9 Å². The zero-order valence-electron chi connectivity index (χ0n) is 9.79. The van der Waals surface area contributed by atoms with Crippen LogP contribution < -0.4 is 5.32 Å². The maximum Gasteiger partial charge on any atom is 0.253 e. The van der Waals surface area contributed by atoms with Crippen molar-refractivity contribution in [1.82, 2.24) is 5.32 Å². The monoisotopic (exact) mass is 341 g/mol. The smallest absolute Gasteiger partial charge is 0.253 e. The fourth-order valence-electron chi connectivity index (χ4n) is 1.56. The van der Waals surface area contributed by atoms with Crippen molar-refractivity contribution in [3.8, 4) is 0 Å². The molecule has 0 fully saturated rings. The van der Waals surface area contributed by atoms with Crippen LogP contribution in [0.25, 0.3) is 0 Å². The average molecular weight is 343 g/mol. The molecule has 0 aliphatic heterocycles. The Labute approximate surface area is 123 Å². The molecular formula is C14H10BrClFNO.